The van der Waals surface area contributed by atoms with E-state index in [9.17, 15) is 22.8 Å². The number of nitrogens with one attached hydrogen (secondary N) is 2. The lowest BCUT2D eigenvalue weighted by Gasteiger charge is -2.12. The molecule has 0 aliphatic carbocycles. The van der Waals surface area contributed by atoms with E-state index in [2.05, 4.69) is 17.2 Å². The Morgan fingerprint density at radius 1 is 1.06 bits per heavy atom. The van der Waals surface area contributed by atoms with Crippen LogP contribution in [0.5, 0.6) is 0 Å². The van der Waals surface area contributed by atoms with Crippen molar-refractivity contribution in [1.29, 1.82) is 0 Å². The van der Waals surface area contributed by atoms with Gasteiger partial charge in [0.2, 0.25) is 5.91 Å². The van der Waals surface area contributed by atoms with E-state index < -0.39 is 24.5 Å². The van der Waals surface area contributed by atoms with Gasteiger partial charge in [-0.3, -0.25) is 9.59 Å². The molecule has 2 amide bonds. The van der Waals surface area contributed by atoms with Gasteiger partial charge in [-0.05, 0) is 24.1 Å². The van der Waals surface area contributed by atoms with Crippen LogP contribution in [0.4, 0.5) is 18.9 Å². The summed E-state index contributed by atoms with van der Waals surface area (Å²) < 4.78 is 37.1. The first kappa shape index (κ1) is 22.5. The van der Waals surface area contributed by atoms with E-state index in [0.29, 0.717) is 5.69 Å². The molecule has 9 heteroatoms. The summed E-state index contributed by atoms with van der Waals surface area (Å²) in [5.74, 6) is -1.34. The molecule has 0 aliphatic rings. The van der Waals surface area contributed by atoms with Gasteiger partial charge < -0.3 is 10.6 Å². The number of alkyl halides is 3. The lowest BCUT2D eigenvalue weighted by atomic mass is 10.1. The summed E-state index contributed by atoms with van der Waals surface area (Å²) in [5, 5.41) is 6.96. The number of benzene rings is 2. The Hall–Kier alpha value is -3.20. The SMILES string of the molecule is CCc1ccc(-c2nc(CC(=O)Nc3ccccc3C(=O)NCC(F)(F)F)cs2)cc1. The molecule has 0 radical (unpaired) electrons. The van der Waals surface area contributed by atoms with E-state index in [1.54, 1.807) is 16.8 Å². The molecular weight excluding hydrogens is 427 g/mol. The molecule has 162 valence electrons. The molecule has 0 atom stereocenters. The minimum atomic E-state index is -4.52. The van der Waals surface area contributed by atoms with E-state index in [0.717, 1.165) is 17.0 Å². The fraction of sp³-hybridized carbons (Fsp3) is 0.227. The molecule has 1 heterocycles. The number of aryl methyl sites for hydroxylation is 1. The first-order valence-corrected chi connectivity index (χ1v) is 10.4. The number of rotatable bonds is 7. The molecule has 2 aromatic carbocycles. The molecule has 0 spiro atoms. The van der Waals surface area contributed by atoms with Gasteiger partial charge in [0, 0.05) is 10.9 Å². The minimum Gasteiger partial charge on any atom is -0.343 e. The highest BCUT2D eigenvalue weighted by molar-refractivity contribution is 7.13. The number of amides is 2. The second kappa shape index (κ2) is 9.74. The largest absolute Gasteiger partial charge is 0.405 e. The van der Waals surface area contributed by atoms with E-state index >= 15 is 0 Å². The van der Waals surface area contributed by atoms with E-state index in [-0.39, 0.29) is 17.7 Å². The summed E-state index contributed by atoms with van der Waals surface area (Å²) in [6, 6.07) is 13.9. The molecule has 0 bridgehead atoms. The Morgan fingerprint density at radius 2 is 1.77 bits per heavy atom. The molecule has 0 unspecified atom stereocenters. The number of hydrogen-bond acceptors (Lipinski definition) is 4. The van der Waals surface area contributed by atoms with Crippen molar-refractivity contribution in [3.05, 3.63) is 70.7 Å². The quantitative estimate of drug-likeness (QED) is 0.544. The number of aromatic nitrogens is 1. The monoisotopic (exact) mass is 447 g/mol. The second-order valence-electron chi connectivity index (χ2n) is 6.76. The van der Waals surface area contributed by atoms with Crippen LogP contribution >= 0.6 is 11.3 Å². The van der Waals surface area contributed by atoms with Gasteiger partial charge in [0.25, 0.3) is 5.91 Å². The molecule has 0 saturated heterocycles. The zero-order valence-electron chi connectivity index (χ0n) is 16.6. The average molecular weight is 447 g/mol. The van der Waals surface area contributed by atoms with Crippen LogP contribution in [0.25, 0.3) is 10.6 Å². The van der Waals surface area contributed by atoms with Crippen molar-refractivity contribution in [2.45, 2.75) is 25.9 Å². The molecular formula is C22H20F3N3O2S. The third kappa shape index (κ3) is 6.39. The first-order chi connectivity index (χ1) is 14.7. The predicted molar refractivity (Wildman–Crippen MR) is 114 cm³/mol. The molecule has 0 fully saturated rings. The van der Waals surface area contributed by atoms with Crippen molar-refractivity contribution < 1.29 is 22.8 Å². The third-order valence-corrected chi connectivity index (χ3v) is 5.34. The summed E-state index contributed by atoms with van der Waals surface area (Å²) >= 11 is 1.42. The maximum Gasteiger partial charge on any atom is 0.405 e. The number of para-hydroxylation sites is 1. The van der Waals surface area contributed by atoms with E-state index in [1.807, 2.05) is 24.3 Å². The van der Waals surface area contributed by atoms with Crippen LogP contribution in [0.2, 0.25) is 0 Å². The van der Waals surface area contributed by atoms with Gasteiger partial charge in [-0.2, -0.15) is 13.2 Å². The Labute approximate surface area is 181 Å². The Bertz CT molecular complexity index is 1060. The number of carbonyl (C=O) groups is 2. The first-order valence-electron chi connectivity index (χ1n) is 9.52. The van der Waals surface area contributed by atoms with Gasteiger partial charge in [-0.25, -0.2) is 4.98 Å². The highest BCUT2D eigenvalue weighted by Gasteiger charge is 2.28. The zero-order valence-corrected chi connectivity index (χ0v) is 17.4. The summed E-state index contributed by atoms with van der Waals surface area (Å²) in [6.07, 6.45) is -3.60. The number of halogens is 3. The standard InChI is InChI=1S/C22H20F3N3O2S/c1-2-14-7-9-15(10-8-14)21-27-16(12-31-21)11-19(29)28-18-6-4-3-5-17(18)20(30)26-13-22(23,24)25/h3-10,12H,2,11,13H2,1H3,(H,26,30)(H,28,29). The van der Waals surface area contributed by atoms with Crippen molar-refractivity contribution in [3.8, 4) is 10.6 Å². The Kier molecular flexibility index (Phi) is 7.06. The van der Waals surface area contributed by atoms with Crippen molar-refractivity contribution in [3.63, 3.8) is 0 Å². The minimum absolute atomic E-state index is 0.0257. The number of thiazole rings is 1. The molecule has 2 N–H and O–H groups in total. The average Bonchev–Trinajstić information content (AvgIpc) is 3.20. The van der Waals surface area contributed by atoms with Crippen LogP contribution < -0.4 is 10.6 Å². The maximum atomic E-state index is 12.4. The Balaban J connectivity index is 1.65. The smallest absolute Gasteiger partial charge is 0.343 e. The van der Waals surface area contributed by atoms with Gasteiger partial charge in [0.1, 0.15) is 11.6 Å². The third-order valence-electron chi connectivity index (χ3n) is 4.40. The van der Waals surface area contributed by atoms with Gasteiger partial charge in [-0.15, -0.1) is 11.3 Å². The van der Waals surface area contributed by atoms with Crippen LogP contribution in [-0.4, -0.2) is 29.5 Å². The Morgan fingerprint density at radius 3 is 2.45 bits per heavy atom. The molecule has 1 aromatic heterocycles. The predicted octanol–water partition coefficient (Wildman–Crippen LogP) is 4.85. The molecule has 0 saturated carbocycles. The normalized spacial score (nSPS) is 11.2. The maximum absolute atomic E-state index is 12.4. The van der Waals surface area contributed by atoms with Crippen LogP contribution in [0.1, 0.15) is 28.5 Å². The van der Waals surface area contributed by atoms with Crippen LogP contribution in [0.3, 0.4) is 0 Å². The van der Waals surface area contributed by atoms with Gasteiger partial charge >= 0.3 is 6.18 Å². The van der Waals surface area contributed by atoms with Crippen LogP contribution in [0.15, 0.2) is 53.9 Å². The highest BCUT2D eigenvalue weighted by atomic mass is 32.1. The van der Waals surface area contributed by atoms with E-state index in [1.165, 1.54) is 35.1 Å². The molecule has 31 heavy (non-hydrogen) atoms. The fourth-order valence-corrected chi connectivity index (χ4v) is 3.65. The number of carbonyl (C=O) groups excluding carboxylic acids is 2. The number of anilines is 1. The van der Waals surface area contributed by atoms with E-state index in [4.69, 9.17) is 0 Å². The summed E-state index contributed by atoms with van der Waals surface area (Å²) in [7, 11) is 0. The topological polar surface area (TPSA) is 71.1 Å². The van der Waals surface area contributed by atoms with Crippen molar-refractivity contribution >= 4 is 28.8 Å². The molecule has 5 nitrogen and oxygen atoms in total. The van der Waals surface area contributed by atoms with Gasteiger partial charge in [0.15, 0.2) is 0 Å². The zero-order chi connectivity index (χ0) is 22.4. The molecule has 3 aromatic rings. The number of nitrogens with zero attached hydrogens (tertiary/aromatic N) is 1. The van der Waals surface area contributed by atoms with Gasteiger partial charge in [0.05, 0.1) is 23.4 Å². The van der Waals surface area contributed by atoms with Crippen molar-refractivity contribution in [2.24, 2.45) is 0 Å². The molecule has 0 aliphatic heterocycles. The lowest BCUT2D eigenvalue weighted by Crippen LogP contribution is -2.34. The fourth-order valence-electron chi connectivity index (χ4n) is 2.83. The summed E-state index contributed by atoms with van der Waals surface area (Å²) in [4.78, 5) is 29.0. The van der Waals surface area contributed by atoms with Crippen LogP contribution in [0, 0.1) is 0 Å². The van der Waals surface area contributed by atoms with Gasteiger partial charge in [-0.1, -0.05) is 43.3 Å². The van der Waals surface area contributed by atoms with Crippen molar-refractivity contribution in [2.75, 3.05) is 11.9 Å². The lowest BCUT2D eigenvalue weighted by molar-refractivity contribution is -0.123. The second-order valence-corrected chi connectivity index (χ2v) is 7.62. The summed E-state index contributed by atoms with van der Waals surface area (Å²) in [5.41, 5.74) is 2.84. The summed E-state index contributed by atoms with van der Waals surface area (Å²) in [6.45, 7) is 0.627. The highest BCUT2D eigenvalue weighted by Crippen LogP contribution is 2.25. The molecule has 3 rings (SSSR count). The van der Waals surface area contributed by atoms with Crippen molar-refractivity contribution in [1.82, 2.24) is 10.3 Å². The van der Waals surface area contributed by atoms with Crippen LogP contribution in [-0.2, 0) is 17.6 Å². The number of hydrogen-bond donors (Lipinski definition) is 2.